The summed E-state index contributed by atoms with van der Waals surface area (Å²) in [5, 5.41) is 8.92. The van der Waals surface area contributed by atoms with Crippen LogP contribution < -0.4 is 31.8 Å². The Bertz CT molecular complexity index is 1160. The van der Waals surface area contributed by atoms with Crippen molar-refractivity contribution in [2.75, 3.05) is 0 Å². The Labute approximate surface area is 216 Å². The van der Waals surface area contributed by atoms with Crippen LogP contribution >= 0.6 is 27.2 Å². The summed E-state index contributed by atoms with van der Waals surface area (Å²) < 4.78 is 0. The summed E-state index contributed by atoms with van der Waals surface area (Å²) in [6.07, 6.45) is 2.14. The summed E-state index contributed by atoms with van der Waals surface area (Å²) in [7, 11) is -1.33. The normalized spacial score (nSPS) is 11.3. The van der Waals surface area contributed by atoms with E-state index in [1.807, 2.05) is 0 Å². The zero-order valence-corrected chi connectivity index (χ0v) is 22.9. The monoisotopic (exact) mass is 508 g/mol. The molecule has 0 aliphatic carbocycles. The number of thiophene rings is 1. The van der Waals surface area contributed by atoms with Crippen molar-refractivity contribution in [1.29, 1.82) is 0 Å². The molecule has 0 radical (unpaired) electrons. The number of benzene rings is 4. The summed E-state index contributed by atoms with van der Waals surface area (Å²) in [5.74, 6) is 0. The Hall–Kier alpha value is -2.56. The van der Waals surface area contributed by atoms with E-state index >= 15 is 0 Å². The second kappa shape index (κ2) is 11.5. The standard InChI is InChI=1S/C32H30P2S/c1-3-29-31(33(25-17-9-5-10-18-25)26-19-11-6-12-20-26)32(30(4-2)35-29)34(27-21-13-7-14-22-27)28-23-15-8-16-24-28/h5-24H,3-4H2,1-2H3. The molecular weight excluding hydrogens is 478 g/mol. The molecule has 1 heterocycles. The van der Waals surface area contributed by atoms with E-state index in [0.29, 0.717) is 0 Å². The van der Waals surface area contributed by atoms with Crippen LogP contribution in [0.3, 0.4) is 0 Å². The van der Waals surface area contributed by atoms with Crippen LogP contribution in [0.25, 0.3) is 0 Å². The van der Waals surface area contributed by atoms with Crippen molar-refractivity contribution in [3.05, 3.63) is 131 Å². The highest BCUT2D eigenvalue weighted by Crippen LogP contribution is 2.43. The first-order chi connectivity index (χ1) is 17.3. The van der Waals surface area contributed by atoms with Crippen molar-refractivity contribution < 1.29 is 0 Å². The lowest BCUT2D eigenvalue weighted by Crippen LogP contribution is -2.35. The minimum atomic E-state index is -0.665. The smallest absolute Gasteiger partial charge is 0.0136 e. The Morgan fingerprint density at radius 1 is 0.429 bits per heavy atom. The molecule has 0 fully saturated rings. The van der Waals surface area contributed by atoms with Crippen molar-refractivity contribution in [3.63, 3.8) is 0 Å². The quantitative estimate of drug-likeness (QED) is 0.213. The van der Waals surface area contributed by atoms with E-state index in [4.69, 9.17) is 0 Å². The van der Waals surface area contributed by atoms with E-state index in [9.17, 15) is 0 Å². The third-order valence-corrected chi connectivity index (χ3v) is 13.2. The highest BCUT2D eigenvalue weighted by Gasteiger charge is 2.31. The molecule has 1 aromatic heterocycles. The molecule has 5 aromatic rings. The summed E-state index contributed by atoms with van der Waals surface area (Å²) in [5.41, 5.74) is 0. The van der Waals surface area contributed by atoms with Gasteiger partial charge in [-0.3, -0.25) is 0 Å². The highest BCUT2D eigenvalue weighted by atomic mass is 32.1. The van der Waals surface area contributed by atoms with E-state index in [1.165, 1.54) is 21.2 Å². The summed E-state index contributed by atoms with van der Waals surface area (Å²) in [6, 6.07) is 44.8. The Morgan fingerprint density at radius 3 is 0.914 bits per heavy atom. The summed E-state index contributed by atoms with van der Waals surface area (Å²) in [4.78, 5) is 3.10. The van der Waals surface area contributed by atoms with Gasteiger partial charge in [0, 0.05) is 20.4 Å². The lowest BCUT2D eigenvalue weighted by Gasteiger charge is -2.27. The molecule has 0 N–H and O–H groups in total. The molecule has 0 bridgehead atoms. The minimum Gasteiger partial charge on any atom is -0.144 e. The van der Waals surface area contributed by atoms with E-state index in [2.05, 4.69) is 147 Å². The van der Waals surface area contributed by atoms with Crippen molar-refractivity contribution in [2.24, 2.45) is 0 Å². The first-order valence-corrected chi connectivity index (χ1v) is 15.8. The maximum absolute atomic E-state index is 2.33. The van der Waals surface area contributed by atoms with Crippen LogP contribution in [0.1, 0.15) is 23.6 Å². The van der Waals surface area contributed by atoms with Crippen molar-refractivity contribution >= 4 is 59.0 Å². The van der Waals surface area contributed by atoms with Crippen LogP contribution in [-0.4, -0.2) is 0 Å². The zero-order chi connectivity index (χ0) is 24.0. The van der Waals surface area contributed by atoms with E-state index in [-0.39, 0.29) is 0 Å². The first kappa shape index (κ1) is 24.1. The molecule has 5 rings (SSSR count). The maximum atomic E-state index is 2.33. The van der Waals surface area contributed by atoms with Gasteiger partial charge in [0.1, 0.15) is 0 Å². The molecule has 0 saturated heterocycles. The van der Waals surface area contributed by atoms with Gasteiger partial charge in [0.2, 0.25) is 0 Å². The number of hydrogen-bond acceptors (Lipinski definition) is 1. The first-order valence-electron chi connectivity index (χ1n) is 12.3. The topological polar surface area (TPSA) is 0 Å². The molecule has 0 saturated carbocycles. The van der Waals surface area contributed by atoms with Gasteiger partial charge < -0.3 is 0 Å². The number of aryl methyl sites for hydroxylation is 2. The van der Waals surface area contributed by atoms with Crippen LogP contribution in [0, 0.1) is 0 Å². The lowest BCUT2D eigenvalue weighted by atomic mass is 10.3. The molecule has 35 heavy (non-hydrogen) atoms. The molecule has 0 amide bonds. The average Bonchev–Trinajstić information content (AvgIpc) is 3.29. The van der Waals surface area contributed by atoms with E-state index < -0.39 is 15.8 Å². The third kappa shape index (κ3) is 5.05. The minimum absolute atomic E-state index is 0.665. The molecule has 4 aromatic carbocycles. The molecule has 0 unspecified atom stereocenters. The predicted molar refractivity (Wildman–Crippen MR) is 160 cm³/mol. The maximum Gasteiger partial charge on any atom is 0.0136 e. The van der Waals surface area contributed by atoms with Gasteiger partial charge in [-0.15, -0.1) is 11.3 Å². The molecule has 0 aliphatic heterocycles. The van der Waals surface area contributed by atoms with Crippen LogP contribution in [-0.2, 0) is 12.8 Å². The Morgan fingerprint density at radius 2 is 0.686 bits per heavy atom. The predicted octanol–water partition coefficient (Wildman–Crippen LogP) is 6.39. The van der Waals surface area contributed by atoms with Gasteiger partial charge in [-0.1, -0.05) is 135 Å². The largest absolute Gasteiger partial charge is 0.144 e. The lowest BCUT2D eigenvalue weighted by molar-refractivity contribution is 1.19. The fourth-order valence-electron chi connectivity index (χ4n) is 4.57. The average molecular weight is 509 g/mol. The second-order valence-electron chi connectivity index (χ2n) is 8.37. The molecule has 0 aliphatic rings. The molecule has 0 spiro atoms. The van der Waals surface area contributed by atoms with Crippen molar-refractivity contribution in [2.45, 2.75) is 26.7 Å². The summed E-state index contributed by atoms with van der Waals surface area (Å²) >= 11 is 2.05. The van der Waals surface area contributed by atoms with Crippen molar-refractivity contribution in [1.82, 2.24) is 0 Å². The van der Waals surface area contributed by atoms with Crippen LogP contribution in [0.2, 0.25) is 0 Å². The van der Waals surface area contributed by atoms with Gasteiger partial charge in [0.25, 0.3) is 0 Å². The fraction of sp³-hybridized carbons (Fsp3) is 0.125. The molecule has 174 valence electrons. The van der Waals surface area contributed by atoms with Crippen LogP contribution in [0.4, 0.5) is 0 Å². The zero-order valence-electron chi connectivity index (χ0n) is 20.3. The summed E-state index contributed by atoms with van der Waals surface area (Å²) in [6.45, 7) is 4.66. The van der Waals surface area contributed by atoms with E-state index in [0.717, 1.165) is 12.8 Å². The SMILES string of the molecule is CCc1sc(CC)c(P(c2ccccc2)c2ccccc2)c1P(c1ccccc1)c1ccccc1. The van der Waals surface area contributed by atoms with Gasteiger partial charge in [0.15, 0.2) is 0 Å². The number of hydrogen-bond donors (Lipinski definition) is 0. The highest BCUT2D eigenvalue weighted by molar-refractivity contribution is 7.86. The van der Waals surface area contributed by atoms with Gasteiger partial charge in [-0.25, -0.2) is 0 Å². The molecular formula is C32H30P2S. The molecule has 0 nitrogen and oxygen atoms in total. The Balaban J connectivity index is 1.84. The Kier molecular flexibility index (Phi) is 7.90. The van der Waals surface area contributed by atoms with Crippen LogP contribution in [0.5, 0.6) is 0 Å². The van der Waals surface area contributed by atoms with Gasteiger partial charge in [-0.05, 0) is 49.9 Å². The van der Waals surface area contributed by atoms with E-state index in [1.54, 1.807) is 20.4 Å². The third-order valence-electron chi connectivity index (χ3n) is 6.15. The van der Waals surface area contributed by atoms with Crippen molar-refractivity contribution in [3.8, 4) is 0 Å². The fourth-order valence-corrected chi connectivity index (χ4v) is 12.1. The number of rotatable bonds is 8. The second-order valence-corrected chi connectivity index (χ2v) is 13.9. The molecule has 3 heteroatoms. The van der Waals surface area contributed by atoms with Gasteiger partial charge in [-0.2, -0.15) is 0 Å². The van der Waals surface area contributed by atoms with Gasteiger partial charge in [0.05, 0.1) is 0 Å². The van der Waals surface area contributed by atoms with Crippen LogP contribution in [0.15, 0.2) is 121 Å². The molecule has 0 atom stereocenters. The van der Waals surface area contributed by atoms with Gasteiger partial charge >= 0.3 is 0 Å².